The summed E-state index contributed by atoms with van der Waals surface area (Å²) in [7, 11) is 4.18. The fourth-order valence-electron chi connectivity index (χ4n) is 3.03. The number of benzene rings is 1. The zero-order valence-corrected chi connectivity index (χ0v) is 13.2. The molecular weight excluding hydrogens is 248 g/mol. The molecule has 2 atom stereocenters. The molecule has 20 heavy (non-hydrogen) atoms. The molecule has 0 amide bonds. The van der Waals surface area contributed by atoms with Gasteiger partial charge in [0.05, 0.1) is 18.8 Å². The van der Waals surface area contributed by atoms with Crippen molar-refractivity contribution in [1.82, 2.24) is 10.2 Å². The van der Waals surface area contributed by atoms with Gasteiger partial charge in [-0.1, -0.05) is 38.1 Å². The van der Waals surface area contributed by atoms with Gasteiger partial charge in [0.2, 0.25) is 0 Å². The van der Waals surface area contributed by atoms with Crippen LogP contribution in [0.15, 0.2) is 24.3 Å². The zero-order chi connectivity index (χ0) is 14.5. The van der Waals surface area contributed by atoms with Crippen LogP contribution in [0, 0.1) is 5.92 Å². The number of hydrogen-bond acceptors (Lipinski definition) is 3. The molecule has 1 heterocycles. The third-order valence-corrected chi connectivity index (χ3v) is 3.97. The summed E-state index contributed by atoms with van der Waals surface area (Å²) >= 11 is 0. The number of rotatable bonds is 5. The first-order chi connectivity index (χ1) is 9.61. The Labute approximate surface area is 123 Å². The second-order valence-electron chi connectivity index (χ2n) is 6.23. The molecule has 1 fully saturated rings. The van der Waals surface area contributed by atoms with Gasteiger partial charge in [-0.25, -0.2) is 0 Å². The van der Waals surface area contributed by atoms with Gasteiger partial charge >= 0.3 is 0 Å². The van der Waals surface area contributed by atoms with E-state index in [0.29, 0.717) is 12.0 Å². The molecule has 0 aromatic heterocycles. The van der Waals surface area contributed by atoms with Gasteiger partial charge in [0.15, 0.2) is 0 Å². The SMILES string of the molecule is CNCC1OCCN(C)C1c1ccc(CC(C)C)cc1. The van der Waals surface area contributed by atoms with Gasteiger partial charge in [-0.3, -0.25) is 4.90 Å². The van der Waals surface area contributed by atoms with Crippen LogP contribution in [0.1, 0.15) is 31.0 Å². The summed E-state index contributed by atoms with van der Waals surface area (Å²) in [6, 6.07) is 9.44. The van der Waals surface area contributed by atoms with Crippen LogP contribution >= 0.6 is 0 Å². The van der Waals surface area contributed by atoms with Crippen molar-refractivity contribution in [1.29, 1.82) is 0 Å². The highest BCUT2D eigenvalue weighted by molar-refractivity contribution is 5.26. The maximum absolute atomic E-state index is 5.95. The van der Waals surface area contributed by atoms with E-state index in [1.165, 1.54) is 11.1 Å². The quantitative estimate of drug-likeness (QED) is 0.894. The standard InChI is InChI=1S/C17H28N2O/c1-13(2)11-14-5-7-15(8-6-14)17-16(12-18-3)20-10-9-19(17)4/h5-8,13,16-18H,9-12H2,1-4H3. The molecule has 1 aromatic rings. The zero-order valence-electron chi connectivity index (χ0n) is 13.2. The Kier molecular flexibility index (Phi) is 5.58. The molecule has 2 rings (SSSR count). The lowest BCUT2D eigenvalue weighted by molar-refractivity contribution is -0.0606. The second-order valence-corrected chi connectivity index (χ2v) is 6.23. The average Bonchev–Trinajstić information content (AvgIpc) is 2.40. The molecule has 1 aliphatic rings. The van der Waals surface area contributed by atoms with Crippen molar-refractivity contribution < 1.29 is 4.74 Å². The number of nitrogens with zero attached hydrogens (tertiary/aromatic N) is 1. The molecule has 0 radical (unpaired) electrons. The summed E-state index contributed by atoms with van der Waals surface area (Å²) in [5, 5.41) is 3.24. The monoisotopic (exact) mass is 276 g/mol. The van der Waals surface area contributed by atoms with Gasteiger partial charge in [-0.05, 0) is 37.6 Å². The smallest absolute Gasteiger partial charge is 0.0896 e. The van der Waals surface area contributed by atoms with E-state index in [0.717, 1.165) is 26.1 Å². The van der Waals surface area contributed by atoms with E-state index in [-0.39, 0.29) is 6.10 Å². The predicted octanol–water partition coefficient (Wildman–Crippen LogP) is 2.48. The fraction of sp³-hybridized carbons (Fsp3) is 0.647. The van der Waals surface area contributed by atoms with Crippen molar-refractivity contribution >= 4 is 0 Å². The predicted molar refractivity (Wildman–Crippen MR) is 84.0 cm³/mol. The summed E-state index contributed by atoms with van der Waals surface area (Å²) in [5.41, 5.74) is 2.79. The maximum Gasteiger partial charge on any atom is 0.0896 e. The van der Waals surface area contributed by atoms with Gasteiger partial charge in [-0.2, -0.15) is 0 Å². The second kappa shape index (κ2) is 7.21. The van der Waals surface area contributed by atoms with Crippen LogP contribution in [0.2, 0.25) is 0 Å². The maximum atomic E-state index is 5.95. The minimum absolute atomic E-state index is 0.231. The highest BCUT2D eigenvalue weighted by Crippen LogP contribution is 2.28. The van der Waals surface area contributed by atoms with Crippen LogP contribution in [0.3, 0.4) is 0 Å². The molecule has 1 N–H and O–H groups in total. The molecule has 0 bridgehead atoms. The molecule has 1 aromatic carbocycles. The highest BCUT2D eigenvalue weighted by Gasteiger charge is 2.30. The van der Waals surface area contributed by atoms with Crippen LogP contribution in [0.5, 0.6) is 0 Å². The van der Waals surface area contributed by atoms with Crippen molar-refractivity contribution in [2.75, 3.05) is 33.8 Å². The minimum Gasteiger partial charge on any atom is -0.374 e. The van der Waals surface area contributed by atoms with E-state index in [2.05, 4.69) is 55.4 Å². The fourth-order valence-corrected chi connectivity index (χ4v) is 3.03. The van der Waals surface area contributed by atoms with Crippen LogP contribution in [-0.4, -0.2) is 44.8 Å². The Morgan fingerprint density at radius 1 is 1.30 bits per heavy atom. The minimum atomic E-state index is 0.231. The molecule has 1 saturated heterocycles. The van der Waals surface area contributed by atoms with Gasteiger partial charge in [0.1, 0.15) is 0 Å². The van der Waals surface area contributed by atoms with Crippen LogP contribution in [0.4, 0.5) is 0 Å². The molecule has 3 heteroatoms. The van der Waals surface area contributed by atoms with E-state index in [1.807, 2.05) is 7.05 Å². The van der Waals surface area contributed by atoms with E-state index < -0.39 is 0 Å². The van der Waals surface area contributed by atoms with E-state index in [1.54, 1.807) is 0 Å². The van der Waals surface area contributed by atoms with E-state index in [9.17, 15) is 0 Å². The summed E-state index contributed by atoms with van der Waals surface area (Å²) in [6.45, 7) is 7.24. The lowest BCUT2D eigenvalue weighted by Crippen LogP contribution is -2.46. The Balaban J connectivity index is 2.14. The Morgan fingerprint density at radius 3 is 2.60 bits per heavy atom. The molecule has 0 saturated carbocycles. The number of ether oxygens (including phenoxy) is 1. The number of hydrogen-bond donors (Lipinski definition) is 1. The molecule has 2 unspecified atom stereocenters. The lowest BCUT2D eigenvalue weighted by Gasteiger charge is -2.39. The Bertz CT molecular complexity index is 400. The van der Waals surface area contributed by atoms with Crippen molar-refractivity contribution in [3.8, 4) is 0 Å². The summed E-state index contributed by atoms with van der Waals surface area (Å²) < 4.78 is 5.95. The van der Waals surface area contributed by atoms with Gasteiger partial charge < -0.3 is 10.1 Å². The molecule has 1 aliphatic heterocycles. The number of nitrogens with one attached hydrogen (secondary N) is 1. The van der Waals surface area contributed by atoms with Gasteiger partial charge in [0.25, 0.3) is 0 Å². The van der Waals surface area contributed by atoms with E-state index in [4.69, 9.17) is 4.74 Å². The van der Waals surface area contributed by atoms with E-state index >= 15 is 0 Å². The van der Waals surface area contributed by atoms with Gasteiger partial charge in [-0.15, -0.1) is 0 Å². The van der Waals surface area contributed by atoms with Crippen molar-refractivity contribution in [2.24, 2.45) is 5.92 Å². The summed E-state index contributed by atoms with van der Waals surface area (Å²) in [4.78, 5) is 2.41. The molecule has 3 nitrogen and oxygen atoms in total. The third kappa shape index (κ3) is 3.81. The van der Waals surface area contributed by atoms with Gasteiger partial charge in [0, 0.05) is 13.1 Å². The summed E-state index contributed by atoms with van der Waals surface area (Å²) in [6.07, 6.45) is 1.38. The first-order valence-electron chi connectivity index (χ1n) is 7.67. The van der Waals surface area contributed by atoms with Crippen LogP contribution in [-0.2, 0) is 11.2 Å². The van der Waals surface area contributed by atoms with Crippen LogP contribution in [0.25, 0.3) is 0 Å². The molecular formula is C17H28N2O. The molecule has 112 valence electrons. The largest absolute Gasteiger partial charge is 0.374 e. The van der Waals surface area contributed by atoms with Crippen molar-refractivity contribution in [3.63, 3.8) is 0 Å². The summed E-state index contributed by atoms with van der Waals surface area (Å²) in [5.74, 6) is 0.707. The first-order valence-corrected chi connectivity index (χ1v) is 7.67. The normalized spacial score (nSPS) is 24.2. The lowest BCUT2D eigenvalue weighted by atomic mass is 9.95. The molecule has 0 aliphatic carbocycles. The van der Waals surface area contributed by atoms with Crippen molar-refractivity contribution in [3.05, 3.63) is 35.4 Å². The molecule has 0 spiro atoms. The van der Waals surface area contributed by atoms with Crippen LogP contribution < -0.4 is 5.32 Å². The topological polar surface area (TPSA) is 24.5 Å². The third-order valence-electron chi connectivity index (χ3n) is 3.97. The van der Waals surface area contributed by atoms with Crippen molar-refractivity contribution in [2.45, 2.75) is 32.4 Å². The Hall–Kier alpha value is -0.900. The number of likely N-dealkylation sites (N-methyl/N-ethyl adjacent to an activating group) is 2. The average molecular weight is 276 g/mol. The number of morpholine rings is 1. The highest BCUT2D eigenvalue weighted by atomic mass is 16.5. The Morgan fingerprint density at radius 2 is 2.00 bits per heavy atom. The first kappa shape index (κ1) is 15.5.